The van der Waals surface area contributed by atoms with Gasteiger partial charge in [0.15, 0.2) is 5.78 Å². The molecule has 0 saturated heterocycles. The number of hydrogen-bond acceptors (Lipinski definition) is 6. The molecule has 2 aromatic carbocycles. The van der Waals surface area contributed by atoms with Crippen molar-refractivity contribution >= 4 is 5.78 Å². The SMILES string of the molecule is COc1ccc(COCC(=O)c2ccc(-c3noc(C(F)(F)F)n3)c(F)c2)cc1. The lowest BCUT2D eigenvalue weighted by atomic mass is 10.1. The molecule has 10 heteroatoms. The average Bonchev–Trinajstić information content (AvgIpc) is 3.19. The number of carbonyl (C=O) groups excluding carboxylic acids is 1. The van der Waals surface area contributed by atoms with Crippen molar-refractivity contribution in [3.8, 4) is 17.1 Å². The summed E-state index contributed by atoms with van der Waals surface area (Å²) in [6.07, 6.45) is -4.83. The van der Waals surface area contributed by atoms with E-state index in [4.69, 9.17) is 9.47 Å². The van der Waals surface area contributed by atoms with E-state index in [2.05, 4.69) is 14.7 Å². The van der Waals surface area contributed by atoms with E-state index in [0.717, 1.165) is 17.7 Å². The minimum absolute atomic E-state index is 0.000482. The van der Waals surface area contributed by atoms with Gasteiger partial charge in [0.25, 0.3) is 0 Å². The third-order valence-corrected chi connectivity index (χ3v) is 3.86. The Morgan fingerprint density at radius 2 is 1.86 bits per heavy atom. The summed E-state index contributed by atoms with van der Waals surface area (Å²) in [5.41, 5.74) is 0.498. The van der Waals surface area contributed by atoms with E-state index in [-0.39, 0.29) is 24.3 Å². The summed E-state index contributed by atoms with van der Waals surface area (Å²) in [6.45, 7) is -0.134. The highest BCUT2D eigenvalue weighted by molar-refractivity contribution is 5.97. The molecule has 3 aromatic rings. The molecule has 0 amide bonds. The quantitative estimate of drug-likeness (QED) is 0.427. The van der Waals surface area contributed by atoms with Crippen LogP contribution in [0, 0.1) is 5.82 Å². The minimum atomic E-state index is -4.83. The van der Waals surface area contributed by atoms with Crippen molar-refractivity contribution in [1.29, 1.82) is 0 Å². The first-order chi connectivity index (χ1) is 13.8. The molecular formula is C19H14F4N2O4. The van der Waals surface area contributed by atoms with Crippen molar-refractivity contribution in [2.75, 3.05) is 13.7 Å². The van der Waals surface area contributed by atoms with Gasteiger partial charge in [-0.1, -0.05) is 23.4 Å². The molecule has 0 aliphatic rings. The summed E-state index contributed by atoms with van der Waals surface area (Å²) < 4.78 is 66.2. The summed E-state index contributed by atoms with van der Waals surface area (Å²) in [5.74, 6) is -2.92. The third kappa shape index (κ3) is 4.96. The van der Waals surface area contributed by atoms with Crippen molar-refractivity contribution in [2.45, 2.75) is 12.8 Å². The zero-order valence-corrected chi connectivity index (χ0v) is 15.0. The van der Waals surface area contributed by atoms with E-state index in [9.17, 15) is 22.4 Å². The number of carbonyl (C=O) groups is 1. The Bertz CT molecular complexity index is 1000. The lowest BCUT2D eigenvalue weighted by Crippen LogP contribution is -2.09. The van der Waals surface area contributed by atoms with E-state index in [0.29, 0.717) is 5.75 Å². The summed E-state index contributed by atoms with van der Waals surface area (Å²) in [7, 11) is 1.54. The van der Waals surface area contributed by atoms with E-state index < -0.39 is 29.5 Å². The summed E-state index contributed by atoms with van der Waals surface area (Å²) in [5, 5.41) is 3.12. The molecule has 1 aromatic heterocycles. The maximum Gasteiger partial charge on any atom is 0.471 e. The van der Waals surface area contributed by atoms with Crippen LogP contribution in [0.5, 0.6) is 5.75 Å². The van der Waals surface area contributed by atoms with Crippen LogP contribution in [0.4, 0.5) is 17.6 Å². The zero-order chi connectivity index (χ0) is 21.0. The number of rotatable bonds is 7. The topological polar surface area (TPSA) is 74.5 Å². The largest absolute Gasteiger partial charge is 0.497 e. The van der Waals surface area contributed by atoms with Crippen molar-refractivity contribution in [2.24, 2.45) is 0 Å². The molecule has 6 nitrogen and oxygen atoms in total. The van der Waals surface area contributed by atoms with Crippen LogP contribution in [0.1, 0.15) is 21.8 Å². The molecule has 0 spiro atoms. The van der Waals surface area contributed by atoms with E-state index >= 15 is 0 Å². The third-order valence-electron chi connectivity index (χ3n) is 3.86. The van der Waals surface area contributed by atoms with Crippen LogP contribution in [0.15, 0.2) is 47.0 Å². The van der Waals surface area contributed by atoms with Crippen LogP contribution < -0.4 is 4.74 Å². The van der Waals surface area contributed by atoms with E-state index in [1.54, 1.807) is 31.4 Å². The number of nitrogens with zero attached hydrogens (tertiary/aromatic N) is 2. The Morgan fingerprint density at radius 3 is 2.45 bits per heavy atom. The van der Waals surface area contributed by atoms with Gasteiger partial charge in [-0.2, -0.15) is 18.2 Å². The summed E-state index contributed by atoms with van der Waals surface area (Å²) in [6, 6.07) is 10.3. The molecule has 0 N–H and O–H groups in total. The number of ketones is 1. The van der Waals surface area contributed by atoms with Gasteiger partial charge in [0.2, 0.25) is 5.82 Å². The first-order valence-electron chi connectivity index (χ1n) is 8.22. The fraction of sp³-hybridized carbons (Fsp3) is 0.211. The Labute approximate surface area is 162 Å². The average molecular weight is 410 g/mol. The van der Waals surface area contributed by atoms with Gasteiger partial charge in [-0.15, -0.1) is 0 Å². The Hall–Kier alpha value is -3.27. The molecular weight excluding hydrogens is 396 g/mol. The molecule has 0 aliphatic heterocycles. The number of alkyl halides is 3. The van der Waals surface area contributed by atoms with Crippen LogP contribution >= 0.6 is 0 Å². The van der Waals surface area contributed by atoms with Crippen molar-refractivity contribution in [3.05, 3.63) is 65.3 Å². The molecule has 0 radical (unpaired) electrons. The second kappa shape index (κ2) is 8.39. The first kappa shape index (κ1) is 20.5. The second-order valence-corrected chi connectivity index (χ2v) is 5.88. The van der Waals surface area contributed by atoms with Crippen LogP contribution in [-0.4, -0.2) is 29.6 Å². The van der Waals surface area contributed by atoms with Gasteiger partial charge in [0.05, 0.1) is 19.3 Å². The van der Waals surface area contributed by atoms with Gasteiger partial charge >= 0.3 is 12.1 Å². The molecule has 29 heavy (non-hydrogen) atoms. The Balaban J connectivity index is 1.63. The van der Waals surface area contributed by atoms with Crippen molar-refractivity contribution in [1.82, 2.24) is 10.1 Å². The number of hydrogen-bond donors (Lipinski definition) is 0. The molecule has 0 fully saturated rings. The number of aromatic nitrogens is 2. The predicted octanol–water partition coefficient (Wildman–Crippen LogP) is 4.30. The number of halogens is 4. The lowest BCUT2D eigenvalue weighted by Gasteiger charge is -2.06. The lowest BCUT2D eigenvalue weighted by molar-refractivity contribution is -0.159. The van der Waals surface area contributed by atoms with Gasteiger partial charge in [-0.05, 0) is 29.8 Å². The number of methoxy groups -OCH3 is 1. The number of benzene rings is 2. The van der Waals surface area contributed by atoms with Crippen LogP contribution in [0.2, 0.25) is 0 Å². The highest BCUT2D eigenvalue weighted by Gasteiger charge is 2.38. The first-order valence-corrected chi connectivity index (χ1v) is 8.22. The van der Waals surface area contributed by atoms with Crippen molar-refractivity contribution in [3.63, 3.8) is 0 Å². The molecule has 1 heterocycles. The van der Waals surface area contributed by atoms with Crippen molar-refractivity contribution < 1.29 is 36.4 Å². The molecule has 0 aliphatic carbocycles. The van der Waals surface area contributed by atoms with Crippen LogP contribution in [0.3, 0.4) is 0 Å². The Kier molecular flexibility index (Phi) is 5.92. The number of ether oxygens (including phenoxy) is 2. The normalized spacial score (nSPS) is 11.5. The molecule has 0 atom stereocenters. The highest BCUT2D eigenvalue weighted by Crippen LogP contribution is 2.30. The van der Waals surface area contributed by atoms with Gasteiger partial charge in [0.1, 0.15) is 18.2 Å². The highest BCUT2D eigenvalue weighted by atomic mass is 19.4. The minimum Gasteiger partial charge on any atom is -0.497 e. The standard InChI is InChI=1S/C19H14F4N2O4/c1-27-13-5-2-11(3-6-13)9-28-10-16(26)12-4-7-14(15(20)8-12)17-24-18(29-25-17)19(21,22)23/h2-8H,9-10H2,1H3. The smallest absolute Gasteiger partial charge is 0.471 e. The zero-order valence-electron chi connectivity index (χ0n) is 15.0. The fourth-order valence-corrected chi connectivity index (χ4v) is 2.38. The number of Topliss-reactive ketones (excluding diaryl/α,β-unsaturated/α-hetero) is 1. The van der Waals surface area contributed by atoms with Crippen LogP contribution in [-0.2, 0) is 17.5 Å². The molecule has 0 unspecified atom stereocenters. The van der Waals surface area contributed by atoms with E-state index in [1.165, 1.54) is 6.07 Å². The Morgan fingerprint density at radius 1 is 1.14 bits per heavy atom. The summed E-state index contributed by atoms with van der Waals surface area (Å²) in [4.78, 5) is 15.3. The van der Waals surface area contributed by atoms with Crippen LogP contribution in [0.25, 0.3) is 11.4 Å². The molecule has 152 valence electrons. The van der Waals surface area contributed by atoms with Gasteiger partial charge < -0.3 is 14.0 Å². The van der Waals surface area contributed by atoms with E-state index in [1.807, 2.05) is 0 Å². The second-order valence-electron chi connectivity index (χ2n) is 5.88. The predicted molar refractivity (Wildman–Crippen MR) is 91.7 cm³/mol. The van der Waals surface area contributed by atoms with Gasteiger partial charge in [0, 0.05) is 5.56 Å². The maximum absolute atomic E-state index is 14.3. The fourth-order valence-electron chi connectivity index (χ4n) is 2.38. The monoisotopic (exact) mass is 410 g/mol. The van der Waals surface area contributed by atoms with Gasteiger partial charge in [-0.25, -0.2) is 4.39 Å². The molecule has 3 rings (SSSR count). The maximum atomic E-state index is 14.3. The summed E-state index contributed by atoms with van der Waals surface area (Å²) >= 11 is 0. The molecule has 0 bridgehead atoms. The van der Waals surface area contributed by atoms with Gasteiger partial charge in [-0.3, -0.25) is 4.79 Å². The molecule has 0 saturated carbocycles.